The molecule has 25 heavy (non-hydrogen) atoms. The van der Waals surface area contributed by atoms with Gasteiger partial charge in [0, 0.05) is 23.2 Å². The van der Waals surface area contributed by atoms with E-state index < -0.39 is 0 Å². The number of benzene rings is 2. The minimum absolute atomic E-state index is 0. The van der Waals surface area contributed by atoms with E-state index >= 15 is 0 Å². The van der Waals surface area contributed by atoms with Crippen molar-refractivity contribution in [3.63, 3.8) is 0 Å². The molecule has 0 aliphatic heterocycles. The summed E-state index contributed by atoms with van der Waals surface area (Å²) in [5.41, 5.74) is 1.09. The van der Waals surface area contributed by atoms with Crippen LogP contribution in [0.1, 0.15) is 0 Å². The molecule has 0 radical (unpaired) electrons. The molecular formula is C18H12CaCl2N2O2+2. The maximum atomic E-state index is 9.37. The number of pyridine rings is 2. The molecule has 0 atom stereocenters. The summed E-state index contributed by atoms with van der Waals surface area (Å²) < 4.78 is 0. The molecule has 0 bridgehead atoms. The van der Waals surface area contributed by atoms with Crippen molar-refractivity contribution in [2.24, 2.45) is 0 Å². The summed E-state index contributed by atoms with van der Waals surface area (Å²) in [6.45, 7) is 0. The van der Waals surface area contributed by atoms with Crippen molar-refractivity contribution in [1.82, 2.24) is 9.97 Å². The Morgan fingerprint density at radius 1 is 0.640 bits per heavy atom. The molecule has 0 fully saturated rings. The Balaban J connectivity index is 0.000000173. The Kier molecular flexibility index (Phi) is 7.11. The Morgan fingerprint density at radius 3 is 1.40 bits per heavy atom. The van der Waals surface area contributed by atoms with Crippen molar-refractivity contribution in [3.8, 4) is 11.5 Å². The number of phenols is 2. The molecule has 0 aliphatic carbocycles. The average Bonchev–Trinajstić information content (AvgIpc) is 2.63. The van der Waals surface area contributed by atoms with E-state index in [0.29, 0.717) is 21.1 Å². The van der Waals surface area contributed by atoms with Gasteiger partial charge < -0.3 is 10.2 Å². The zero-order valence-electron chi connectivity index (χ0n) is 13.0. The quantitative estimate of drug-likeness (QED) is 0.417. The second-order valence-electron chi connectivity index (χ2n) is 4.93. The Morgan fingerprint density at radius 2 is 1.04 bits per heavy atom. The molecule has 7 heteroatoms. The fourth-order valence-electron chi connectivity index (χ4n) is 2.25. The van der Waals surface area contributed by atoms with Crippen LogP contribution in [0.25, 0.3) is 21.8 Å². The minimum atomic E-state index is 0. The Bertz CT molecular complexity index is 864. The molecule has 0 saturated heterocycles. The summed E-state index contributed by atoms with van der Waals surface area (Å²) in [7, 11) is 0. The molecule has 0 amide bonds. The molecule has 4 nitrogen and oxygen atoms in total. The molecule has 2 N–H and O–H groups in total. The number of hydrogen-bond acceptors (Lipinski definition) is 4. The van der Waals surface area contributed by atoms with Crippen LogP contribution in [-0.2, 0) is 0 Å². The van der Waals surface area contributed by atoms with Crippen molar-refractivity contribution in [3.05, 3.63) is 71.0 Å². The van der Waals surface area contributed by atoms with Gasteiger partial charge in [-0.15, -0.1) is 0 Å². The standard InChI is InChI=1S/2C9H6ClNO.Ca/c2*10-7-3-4-8(12)9-6(7)2-1-5-11-9;/h2*1-5,12H;/q;;+2. The zero-order chi connectivity index (χ0) is 17.1. The summed E-state index contributed by atoms with van der Waals surface area (Å²) in [5.74, 6) is 0.324. The average molecular weight is 399 g/mol. The fraction of sp³-hybridized carbons (Fsp3) is 0. The number of hydrogen-bond donors (Lipinski definition) is 2. The van der Waals surface area contributed by atoms with Gasteiger partial charge in [-0.3, -0.25) is 9.97 Å². The van der Waals surface area contributed by atoms with Crippen LogP contribution >= 0.6 is 23.2 Å². The van der Waals surface area contributed by atoms with Crippen molar-refractivity contribution >= 4 is 82.7 Å². The van der Waals surface area contributed by atoms with Gasteiger partial charge in [0.25, 0.3) is 0 Å². The van der Waals surface area contributed by atoms with Gasteiger partial charge in [-0.05, 0) is 48.5 Å². The van der Waals surface area contributed by atoms with Crippen LogP contribution in [0, 0.1) is 0 Å². The molecule has 0 unspecified atom stereocenters. The Labute approximate surface area is 184 Å². The third kappa shape index (κ3) is 4.46. The van der Waals surface area contributed by atoms with Gasteiger partial charge in [0.2, 0.25) is 0 Å². The van der Waals surface area contributed by atoms with E-state index in [4.69, 9.17) is 23.2 Å². The first-order valence-electron chi connectivity index (χ1n) is 7.02. The molecule has 4 aromatic rings. The maximum absolute atomic E-state index is 9.37. The third-order valence-corrected chi connectivity index (χ3v) is 4.05. The summed E-state index contributed by atoms with van der Waals surface area (Å²) in [4.78, 5) is 8.01. The third-order valence-electron chi connectivity index (χ3n) is 3.39. The first kappa shape index (κ1) is 20.0. The van der Waals surface area contributed by atoms with E-state index in [1.54, 1.807) is 36.7 Å². The van der Waals surface area contributed by atoms with Gasteiger partial charge in [0.1, 0.15) is 22.5 Å². The predicted octanol–water partition coefficient (Wildman–Crippen LogP) is 4.81. The number of fused-ring (bicyclic) bond motifs is 2. The van der Waals surface area contributed by atoms with Gasteiger partial charge in [-0.1, -0.05) is 23.2 Å². The van der Waals surface area contributed by atoms with E-state index in [9.17, 15) is 10.2 Å². The van der Waals surface area contributed by atoms with Gasteiger partial charge in [0.15, 0.2) is 0 Å². The van der Waals surface area contributed by atoms with Gasteiger partial charge in [-0.2, -0.15) is 0 Å². The summed E-state index contributed by atoms with van der Waals surface area (Å²) >= 11 is 11.8. The second-order valence-corrected chi connectivity index (χ2v) is 5.75. The SMILES string of the molecule is Oc1ccc(Cl)c2cccnc12.Oc1ccc(Cl)c2cccnc12.[Ca+2]. The van der Waals surface area contributed by atoms with Crippen molar-refractivity contribution in [2.75, 3.05) is 0 Å². The number of rotatable bonds is 0. The van der Waals surface area contributed by atoms with Crippen LogP contribution in [0.4, 0.5) is 0 Å². The molecule has 120 valence electrons. The Hall–Kier alpha value is -1.30. The van der Waals surface area contributed by atoms with Crippen LogP contribution in [0.3, 0.4) is 0 Å². The zero-order valence-corrected chi connectivity index (χ0v) is 16.7. The molecule has 0 saturated carbocycles. The summed E-state index contributed by atoms with van der Waals surface area (Å²) in [5, 5.41) is 21.5. The number of halogens is 2. The van der Waals surface area contributed by atoms with Crippen LogP contribution in [-0.4, -0.2) is 57.9 Å². The number of phenolic OH excluding ortho intramolecular Hbond substituents is 2. The molecule has 2 aromatic heterocycles. The number of aromatic nitrogens is 2. The molecule has 2 heterocycles. The van der Waals surface area contributed by atoms with E-state index in [0.717, 1.165) is 10.8 Å². The normalized spacial score (nSPS) is 10.0. The summed E-state index contributed by atoms with van der Waals surface area (Å²) in [6, 6.07) is 13.6. The molecule has 2 aromatic carbocycles. The van der Waals surface area contributed by atoms with Gasteiger partial charge >= 0.3 is 37.7 Å². The minimum Gasteiger partial charge on any atom is -0.506 e. The fourth-order valence-corrected chi connectivity index (χ4v) is 2.68. The van der Waals surface area contributed by atoms with Gasteiger partial charge in [0.05, 0.1) is 10.0 Å². The molecule has 4 rings (SSSR count). The maximum Gasteiger partial charge on any atom is 2.00 e. The first-order valence-corrected chi connectivity index (χ1v) is 7.78. The van der Waals surface area contributed by atoms with Crippen molar-refractivity contribution < 1.29 is 10.2 Å². The summed E-state index contributed by atoms with van der Waals surface area (Å²) in [6.07, 6.45) is 3.25. The molecule has 0 aliphatic rings. The van der Waals surface area contributed by atoms with Crippen molar-refractivity contribution in [2.45, 2.75) is 0 Å². The molecular weight excluding hydrogens is 387 g/mol. The monoisotopic (exact) mass is 398 g/mol. The van der Waals surface area contributed by atoms with Crippen molar-refractivity contribution in [1.29, 1.82) is 0 Å². The van der Waals surface area contributed by atoms with E-state index in [1.165, 1.54) is 12.1 Å². The van der Waals surface area contributed by atoms with E-state index in [2.05, 4.69) is 9.97 Å². The van der Waals surface area contributed by atoms with Gasteiger partial charge in [-0.25, -0.2) is 0 Å². The topological polar surface area (TPSA) is 66.2 Å². The van der Waals surface area contributed by atoms with Crippen LogP contribution in [0.15, 0.2) is 60.9 Å². The number of aromatic hydroxyl groups is 2. The smallest absolute Gasteiger partial charge is 0.506 e. The van der Waals surface area contributed by atoms with Crippen LogP contribution < -0.4 is 0 Å². The van der Waals surface area contributed by atoms with Crippen LogP contribution in [0.2, 0.25) is 10.0 Å². The van der Waals surface area contributed by atoms with Crippen LogP contribution in [0.5, 0.6) is 11.5 Å². The second kappa shape index (κ2) is 8.88. The first-order chi connectivity index (χ1) is 11.6. The largest absolute Gasteiger partial charge is 2.00 e. The molecule has 0 spiro atoms. The number of nitrogens with zero attached hydrogens (tertiary/aromatic N) is 2. The predicted molar refractivity (Wildman–Crippen MR) is 103 cm³/mol. The van der Waals surface area contributed by atoms with E-state index in [-0.39, 0.29) is 49.2 Å². The van der Waals surface area contributed by atoms with E-state index in [1.807, 2.05) is 12.1 Å².